The molecule has 3 aromatic rings. The third-order valence-corrected chi connectivity index (χ3v) is 4.30. The van der Waals surface area contributed by atoms with Gasteiger partial charge in [-0.05, 0) is 25.8 Å². The molecule has 0 radical (unpaired) electrons. The zero-order valence-corrected chi connectivity index (χ0v) is 16.5. The molecule has 0 aliphatic heterocycles. The number of fused-ring (bicyclic) bond motifs is 1. The highest BCUT2D eigenvalue weighted by Crippen LogP contribution is 2.18. The molecule has 0 unspecified atom stereocenters. The van der Waals surface area contributed by atoms with E-state index < -0.39 is 0 Å². The number of para-hydroxylation sites is 1. The van der Waals surface area contributed by atoms with Crippen molar-refractivity contribution >= 4 is 29.0 Å². The number of rotatable bonds is 8. The van der Waals surface area contributed by atoms with Crippen LogP contribution in [0.4, 0.5) is 11.9 Å². The summed E-state index contributed by atoms with van der Waals surface area (Å²) < 4.78 is 2.09. The number of hydrazone groups is 1. The van der Waals surface area contributed by atoms with E-state index >= 15 is 0 Å². The first-order valence-corrected chi connectivity index (χ1v) is 9.43. The number of benzene rings is 1. The lowest BCUT2D eigenvalue weighted by atomic mass is 10.2. The Hall–Kier alpha value is -2.96. The molecule has 0 aliphatic rings. The Morgan fingerprint density at radius 2 is 1.85 bits per heavy atom. The van der Waals surface area contributed by atoms with Gasteiger partial charge in [0.15, 0.2) is 0 Å². The van der Waals surface area contributed by atoms with Crippen molar-refractivity contribution in [3.63, 3.8) is 0 Å². The molecular formula is C20H27N7. The van der Waals surface area contributed by atoms with Gasteiger partial charge in [-0.25, -0.2) is 5.43 Å². The molecule has 0 bridgehead atoms. The highest BCUT2D eigenvalue weighted by molar-refractivity contribution is 5.99. The van der Waals surface area contributed by atoms with E-state index in [2.05, 4.69) is 67.1 Å². The first-order valence-electron chi connectivity index (χ1n) is 9.43. The highest BCUT2D eigenvalue weighted by atomic mass is 15.4. The summed E-state index contributed by atoms with van der Waals surface area (Å²) in [5.74, 6) is 1.85. The molecule has 0 spiro atoms. The van der Waals surface area contributed by atoms with Crippen molar-refractivity contribution < 1.29 is 0 Å². The van der Waals surface area contributed by atoms with Crippen molar-refractivity contribution in [1.82, 2.24) is 19.5 Å². The summed E-state index contributed by atoms with van der Waals surface area (Å²) >= 11 is 0. The number of hydrogen-bond acceptors (Lipinski definition) is 6. The van der Waals surface area contributed by atoms with Gasteiger partial charge in [-0.15, -0.1) is 0 Å². The zero-order chi connectivity index (χ0) is 19.2. The summed E-state index contributed by atoms with van der Waals surface area (Å²) in [5.41, 5.74) is 5.18. The average molecular weight is 365 g/mol. The second-order valence-corrected chi connectivity index (χ2v) is 6.58. The Labute approximate surface area is 160 Å². The van der Waals surface area contributed by atoms with Crippen molar-refractivity contribution in [3.8, 4) is 0 Å². The molecule has 142 valence electrons. The lowest BCUT2D eigenvalue weighted by Gasteiger charge is -2.21. The quantitative estimate of drug-likeness (QED) is 0.486. The molecule has 1 aromatic carbocycles. The third-order valence-electron chi connectivity index (χ3n) is 4.30. The van der Waals surface area contributed by atoms with E-state index in [1.54, 1.807) is 6.21 Å². The lowest BCUT2D eigenvalue weighted by molar-refractivity contribution is 0.714. The van der Waals surface area contributed by atoms with Gasteiger partial charge in [-0.3, -0.25) is 0 Å². The Bertz CT molecular complexity index is 923. The van der Waals surface area contributed by atoms with Gasteiger partial charge < -0.3 is 9.47 Å². The topological polar surface area (TPSA) is 71.2 Å². The molecule has 0 aliphatic carbocycles. The van der Waals surface area contributed by atoms with E-state index in [-0.39, 0.29) is 0 Å². The zero-order valence-electron chi connectivity index (χ0n) is 16.5. The molecule has 7 heteroatoms. The van der Waals surface area contributed by atoms with Crippen LogP contribution in [0.2, 0.25) is 0 Å². The van der Waals surface area contributed by atoms with Gasteiger partial charge in [0.1, 0.15) is 5.82 Å². The van der Waals surface area contributed by atoms with Gasteiger partial charge >= 0.3 is 0 Å². The molecule has 0 amide bonds. The molecular weight excluding hydrogens is 338 g/mol. The van der Waals surface area contributed by atoms with Crippen LogP contribution in [0.5, 0.6) is 0 Å². The van der Waals surface area contributed by atoms with Crippen LogP contribution in [0.25, 0.3) is 10.9 Å². The minimum Gasteiger partial charge on any atom is -0.350 e. The summed E-state index contributed by atoms with van der Waals surface area (Å²) in [6.07, 6.45) is 5.96. The molecule has 27 heavy (non-hydrogen) atoms. The smallest absolute Gasteiger partial charge is 0.248 e. The van der Waals surface area contributed by atoms with Crippen LogP contribution in [0.3, 0.4) is 0 Å². The van der Waals surface area contributed by atoms with Gasteiger partial charge in [0.2, 0.25) is 11.9 Å². The first-order chi connectivity index (χ1) is 13.1. The average Bonchev–Trinajstić information content (AvgIpc) is 2.97. The second-order valence-electron chi connectivity index (χ2n) is 6.58. The molecule has 3 rings (SSSR count). The SMILES string of the molecule is CCCN(CCC)c1nc(C)nc(N/N=C/c2cn(C)c3ccccc23)n1. The number of nitrogens with zero attached hydrogens (tertiary/aromatic N) is 6. The van der Waals surface area contributed by atoms with Gasteiger partial charge in [-0.2, -0.15) is 20.1 Å². The van der Waals surface area contributed by atoms with Gasteiger partial charge in [-0.1, -0.05) is 32.0 Å². The molecule has 0 fully saturated rings. The molecule has 0 atom stereocenters. The number of aromatic nitrogens is 4. The fraction of sp³-hybridized carbons (Fsp3) is 0.400. The number of aryl methyl sites for hydroxylation is 2. The van der Waals surface area contributed by atoms with E-state index in [0.29, 0.717) is 17.7 Å². The largest absolute Gasteiger partial charge is 0.350 e. The molecule has 2 aromatic heterocycles. The predicted octanol–water partition coefficient (Wildman–Crippen LogP) is 3.74. The Balaban J connectivity index is 1.80. The lowest BCUT2D eigenvalue weighted by Crippen LogP contribution is -2.27. The normalized spacial score (nSPS) is 11.4. The Kier molecular flexibility index (Phi) is 6.01. The summed E-state index contributed by atoms with van der Waals surface area (Å²) in [6, 6.07) is 8.26. The van der Waals surface area contributed by atoms with Crippen LogP contribution < -0.4 is 10.3 Å². The van der Waals surface area contributed by atoms with Crippen LogP contribution in [0.1, 0.15) is 38.1 Å². The molecule has 2 heterocycles. The Morgan fingerprint density at radius 3 is 2.59 bits per heavy atom. The fourth-order valence-corrected chi connectivity index (χ4v) is 3.15. The molecule has 0 saturated carbocycles. The number of nitrogens with one attached hydrogen (secondary N) is 1. The van der Waals surface area contributed by atoms with Crippen molar-refractivity contribution in [3.05, 3.63) is 41.9 Å². The molecule has 0 saturated heterocycles. The minimum absolute atomic E-state index is 0.464. The summed E-state index contributed by atoms with van der Waals surface area (Å²) in [7, 11) is 2.03. The number of hydrogen-bond donors (Lipinski definition) is 1. The third kappa shape index (κ3) is 4.42. The van der Waals surface area contributed by atoms with Gasteiger partial charge in [0.25, 0.3) is 0 Å². The van der Waals surface area contributed by atoms with Crippen molar-refractivity contribution in [1.29, 1.82) is 0 Å². The van der Waals surface area contributed by atoms with Gasteiger partial charge in [0, 0.05) is 42.8 Å². The van der Waals surface area contributed by atoms with Gasteiger partial charge in [0.05, 0.1) is 6.21 Å². The predicted molar refractivity (Wildman–Crippen MR) is 111 cm³/mol. The number of anilines is 2. The maximum atomic E-state index is 4.54. The van der Waals surface area contributed by atoms with Crippen LogP contribution >= 0.6 is 0 Å². The van der Waals surface area contributed by atoms with E-state index in [0.717, 1.165) is 36.9 Å². The van der Waals surface area contributed by atoms with Crippen LogP contribution in [-0.2, 0) is 7.05 Å². The van der Waals surface area contributed by atoms with E-state index in [1.165, 1.54) is 5.52 Å². The van der Waals surface area contributed by atoms with Crippen LogP contribution in [0, 0.1) is 6.92 Å². The minimum atomic E-state index is 0.464. The van der Waals surface area contributed by atoms with Crippen LogP contribution in [-0.4, -0.2) is 38.8 Å². The second kappa shape index (κ2) is 8.62. The van der Waals surface area contributed by atoms with E-state index in [9.17, 15) is 0 Å². The summed E-state index contributed by atoms with van der Waals surface area (Å²) in [4.78, 5) is 15.6. The maximum absolute atomic E-state index is 4.54. The van der Waals surface area contributed by atoms with Crippen molar-refractivity contribution in [2.75, 3.05) is 23.4 Å². The maximum Gasteiger partial charge on any atom is 0.248 e. The van der Waals surface area contributed by atoms with E-state index in [4.69, 9.17) is 0 Å². The van der Waals surface area contributed by atoms with Crippen molar-refractivity contribution in [2.24, 2.45) is 12.1 Å². The highest BCUT2D eigenvalue weighted by Gasteiger charge is 2.11. The van der Waals surface area contributed by atoms with E-state index in [1.807, 2.05) is 26.1 Å². The van der Waals surface area contributed by atoms with Crippen molar-refractivity contribution in [2.45, 2.75) is 33.6 Å². The monoisotopic (exact) mass is 365 g/mol. The summed E-state index contributed by atoms with van der Waals surface area (Å²) in [6.45, 7) is 8.04. The Morgan fingerprint density at radius 1 is 1.11 bits per heavy atom. The first kappa shape index (κ1) is 18.8. The summed E-state index contributed by atoms with van der Waals surface area (Å²) in [5, 5.41) is 5.51. The fourth-order valence-electron chi connectivity index (χ4n) is 3.15. The molecule has 1 N–H and O–H groups in total. The standard InChI is InChI=1S/C20H27N7/c1-5-11-27(12-6-2)20-23-15(3)22-19(24-20)25-21-13-16-14-26(4)18-10-8-7-9-17(16)18/h7-10,13-14H,5-6,11-12H2,1-4H3,(H,22,23,24,25)/b21-13+. The van der Waals surface area contributed by atoms with Crippen LogP contribution in [0.15, 0.2) is 35.6 Å². The molecule has 7 nitrogen and oxygen atoms in total.